The van der Waals surface area contributed by atoms with Gasteiger partial charge >= 0.3 is 6.18 Å². The SMILES string of the molecule is C[C@H](c1cnc(C=O)c(C(F)(F)F)c1)N1CCN(C=S)C1. The van der Waals surface area contributed by atoms with E-state index in [0.29, 0.717) is 18.8 Å². The van der Waals surface area contributed by atoms with Gasteiger partial charge in [-0.05, 0) is 18.6 Å². The fraction of sp³-hybridized carbons (Fsp3) is 0.462. The minimum atomic E-state index is -4.59. The molecule has 1 aromatic rings. The van der Waals surface area contributed by atoms with Crippen LogP contribution in [0.15, 0.2) is 12.3 Å². The number of carbonyl (C=O) groups excluding carboxylic acids is 1. The number of pyridine rings is 1. The largest absolute Gasteiger partial charge is 0.418 e. The van der Waals surface area contributed by atoms with E-state index < -0.39 is 17.4 Å². The Morgan fingerprint density at radius 2 is 2.14 bits per heavy atom. The van der Waals surface area contributed by atoms with Crippen LogP contribution in [-0.2, 0) is 6.18 Å². The number of aldehydes is 1. The van der Waals surface area contributed by atoms with Gasteiger partial charge in [0.05, 0.1) is 17.7 Å². The number of rotatable bonds is 4. The second kappa shape index (κ2) is 6.07. The van der Waals surface area contributed by atoms with E-state index in [4.69, 9.17) is 12.2 Å². The van der Waals surface area contributed by atoms with Crippen molar-refractivity contribution in [2.24, 2.45) is 0 Å². The number of carbonyl (C=O) groups is 1. The number of alkyl halides is 3. The summed E-state index contributed by atoms with van der Waals surface area (Å²) in [5.41, 5.74) is 0.397. The molecule has 0 N–H and O–H groups in total. The predicted octanol–water partition coefficient (Wildman–Crippen LogP) is 2.51. The summed E-state index contributed by atoms with van der Waals surface area (Å²) < 4.78 is 38.8. The zero-order valence-electron chi connectivity index (χ0n) is 11.3. The van der Waals surface area contributed by atoms with Gasteiger partial charge in [0.25, 0.3) is 0 Å². The van der Waals surface area contributed by atoms with Crippen LogP contribution in [0.4, 0.5) is 13.2 Å². The van der Waals surface area contributed by atoms with Crippen molar-refractivity contribution in [3.63, 3.8) is 0 Å². The second-order valence-corrected chi connectivity index (χ2v) is 5.08. The highest BCUT2D eigenvalue weighted by Gasteiger charge is 2.35. The molecule has 2 rings (SSSR count). The molecule has 1 aliphatic rings. The molecule has 1 fully saturated rings. The fourth-order valence-corrected chi connectivity index (χ4v) is 2.46. The first kappa shape index (κ1) is 15.8. The lowest BCUT2D eigenvalue weighted by Crippen LogP contribution is -2.27. The molecule has 114 valence electrons. The maximum absolute atomic E-state index is 12.9. The van der Waals surface area contributed by atoms with Crippen LogP contribution in [0.5, 0.6) is 0 Å². The molecule has 1 saturated heterocycles. The Hall–Kier alpha value is -1.54. The first-order valence-electron chi connectivity index (χ1n) is 6.32. The van der Waals surface area contributed by atoms with Crippen molar-refractivity contribution in [3.05, 3.63) is 29.1 Å². The molecule has 0 saturated carbocycles. The van der Waals surface area contributed by atoms with Gasteiger partial charge < -0.3 is 4.90 Å². The highest BCUT2D eigenvalue weighted by molar-refractivity contribution is 7.78. The molecule has 0 radical (unpaired) electrons. The minimum absolute atomic E-state index is 0.126. The third-order valence-corrected chi connectivity index (χ3v) is 3.87. The zero-order chi connectivity index (χ0) is 15.6. The topological polar surface area (TPSA) is 36.4 Å². The van der Waals surface area contributed by atoms with Gasteiger partial charge in [-0.1, -0.05) is 12.2 Å². The third kappa shape index (κ3) is 3.38. The number of aromatic nitrogens is 1. The number of halogens is 3. The second-order valence-electron chi connectivity index (χ2n) is 4.86. The number of thiocarbonyl (C=S) groups is 1. The molecule has 1 atom stereocenters. The Morgan fingerprint density at radius 1 is 1.43 bits per heavy atom. The fourth-order valence-electron chi connectivity index (χ4n) is 2.29. The van der Waals surface area contributed by atoms with E-state index in [0.717, 1.165) is 12.6 Å². The molecule has 0 amide bonds. The van der Waals surface area contributed by atoms with Crippen molar-refractivity contribution in [3.8, 4) is 0 Å². The van der Waals surface area contributed by atoms with Crippen LogP contribution in [-0.4, -0.2) is 46.3 Å². The van der Waals surface area contributed by atoms with Gasteiger partial charge in [0.2, 0.25) is 0 Å². The van der Waals surface area contributed by atoms with Crippen LogP contribution < -0.4 is 0 Å². The lowest BCUT2D eigenvalue weighted by atomic mass is 10.1. The summed E-state index contributed by atoms with van der Waals surface area (Å²) in [4.78, 5) is 18.2. The first-order chi connectivity index (χ1) is 9.86. The maximum Gasteiger partial charge on any atom is 0.418 e. The van der Waals surface area contributed by atoms with Gasteiger partial charge in [-0.25, -0.2) is 0 Å². The molecule has 4 nitrogen and oxygen atoms in total. The Morgan fingerprint density at radius 3 is 2.67 bits per heavy atom. The highest BCUT2D eigenvalue weighted by Crippen LogP contribution is 2.33. The molecular weight excluding hydrogens is 303 g/mol. The van der Waals surface area contributed by atoms with Crippen LogP contribution in [0.1, 0.15) is 34.6 Å². The van der Waals surface area contributed by atoms with Crippen molar-refractivity contribution < 1.29 is 18.0 Å². The van der Waals surface area contributed by atoms with Gasteiger partial charge in [-0.15, -0.1) is 0 Å². The van der Waals surface area contributed by atoms with Crippen LogP contribution >= 0.6 is 12.2 Å². The molecule has 0 aliphatic carbocycles. The minimum Gasteiger partial charge on any atom is -0.354 e. The molecule has 8 heteroatoms. The van der Waals surface area contributed by atoms with E-state index in [1.807, 2.05) is 16.7 Å². The van der Waals surface area contributed by atoms with Gasteiger partial charge in [-0.2, -0.15) is 13.2 Å². The Labute approximate surface area is 125 Å². The quantitative estimate of drug-likeness (QED) is 0.630. The normalized spacial score (nSPS) is 17.8. The molecule has 1 aliphatic heterocycles. The Bertz CT molecular complexity index is 550. The van der Waals surface area contributed by atoms with Crippen LogP contribution in [0, 0.1) is 0 Å². The first-order valence-corrected chi connectivity index (χ1v) is 6.79. The lowest BCUT2D eigenvalue weighted by Gasteiger charge is -2.24. The number of hydrogen-bond acceptors (Lipinski definition) is 4. The summed E-state index contributed by atoms with van der Waals surface area (Å²) in [6, 6.07) is 0.765. The highest BCUT2D eigenvalue weighted by atomic mass is 32.1. The molecule has 0 aromatic carbocycles. The molecule has 1 aromatic heterocycles. The molecular formula is C13H14F3N3OS. The molecule has 0 spiro atoms. The standard InChI is InChI=1S/C13H14F3N3OS/c1-9(19-3-2-18(7-19)8-21)10-4-11(13(14,15)16)12(6-20)17-5-10/h4-6,8-9H,2-3,7H2,1H3/t9-/m1/s1. The van der Waals surface area contributed by atoms with Gasteiger partial charge in [-0.3, -0.25) is 14.7 Å². The molecule has 21 heavy (non-hydrogen) atoms. The summed E-state index contributed by atoms with van der Waals surface area (Å²) in [7, 11) is 0. The Kier molecular flexibility index (Phi) is 4.58. The number of hydrogen-bond donors (Lipinski definition) is 0. The van der Waals surface area contributed by atoms with Crippen molar-refractivity contribution >= 4 is 24.0 Å². The van der Waals surface area contributed by atoms with Crippen LogP contribution in [0.25, 0.3) is 0 Å². The summed E-state index contributed by atoms with van der Waals surface area (Å²) in [5.74, 6) is 0. The predicted molar refractivity (Wildman–Crippen MR) is 75.0 cm³/mol. The van der Waals surface area contributed by atoms with Crippen molar-refractivity contribution in [2.45, 2.75) is 19.1 Å². The summed E-state index contributed by atoms with van der Waals surface area (Å²) in [5, 5.41) is 0. The third-order valence-electron chi connectivity index (χ3n) is 3.57. The van der Waals surface area contributed by atoms with E-state index >= 15 is 0 Å². The van der Waals surface area contributed by atoms with Gasteiger partial charge in [0, 0.05) is 25.3 Å². The molecule has 2 heterocycles. The average molecular weight is 317 g/mol. The monoisotopic (exact) mass is 317 g/mol. The van der Waals surface area contributed by atoms with E-state index in [-0.39, 0.29) is 12.3 Å². The van der Waals surface area contributed by atoms with E-state index in [9.17, 15) is 18.0 Å². The van der Waals surface area contributed by atoms with E-state index in [1.165, 1.54) is 6.20 Å². The van der Waals surface area contributed by atoms with Crippen molar-refractivity contribution in [2.75, 3.05) is 19.8 Å². The van der Waals surface area contributed by atoms with E-state index in [1.54, 1.807) is 5.49 Å². The average Bonchev–Trinajstić information content (AvgIpc) is 2.93. The van der Waals surface area contributed by atoms with Crippen molar-refractivity contribution in [1.29, 1.82) is 0 Å². The lowest BCUT2D eigenvalue weighted by molar-refractivity contribution is -0.138. The summed E-state index contributed by atoms with van der Waals surface area (Å²) >= 11 is 4.84. The van der Waals surface area contributed by atoms with E-state index in [2.05, 4.69) is 4.98 Å². The smallest absolute Gasteiger partial charge is 0.354 e. The van der Waals surface area contributed by atoms with Gasteiger partial charge in [0.1, 0.15) is 5.69 Å². The summed E-state index contributed by atoms with van der Waals surface area (Å²) in [6.07, 6.45) is -3.14. The van der Waals surface area contributed by atoms with Crippen LogP contribution in [0.3, 0.4) is 0 Å². The van der Waals surface area contributed by atoms with Gasteiger partial charge in [0.15, 0.2) is 6.29 Å². The Balaban J connectivity index is 2.28. The van der Waals surface area contributed by atoms with Crippen molar-refractivity contribution in [1.82, 2.24) is 14.8 Å². The maximum atomic E-state index is 12.9. The molecule has 0 unspecified atom stereocenters. The van der Waals surface area contributed by atoms with Crippen LogP contribution in [0.2, 0.25) is 0 Å². The zero-order valence-corrected chi connectivity index (χ0v) is 12.1. The number of nitrogens with zero attached hydrogens (tertiary/aromatic N) is 3. The summed E-state index contributed by atoms with van der Waals surface area (Å²) in [6.45, 7) is 3.84. The molecule has 0 bridgehead atoms.